The van der Waals surface area contributed by atoms with Gasteiger partial charge in [-0.1, -0.05) is 38.1 Å². The highest BCUT2D eigenvalue weighted by Crippen LogP contribution is 2.40. The predicted molar refractivity (Wildman–Crippen MR) is 123 cm³/mol. The lowest BCUT2D eigenvalue weighted by Gasteiger charge is -2.26. The average Bonchev–Trinajstić information content (AvgIpc) is 3.07. The fourth-order valence-electron chi connectivity index (χ4n) is 4.04. The standard InChI is InChI=1S/C25H30N2O5/c1-4-26(5-2)14-7-15-27-22(17-10-12-19(28)13-11-17)21(24(30)25(27)31)23(29)18-8-6-9-20(16-18)32-3/h6,8-13,16,22,28-29H,4-5,7,14-15H2,1-3H3/b23-21+. The van der Waals surface area contributed by atoms with Gasteiger partial charge in [-0.3, -0.25) is 9.59 Å². The minimum absolute atomic E-state index is 0.0387. The van der Waals surface area contributed by atoms with E-state index in [1.807, 2.05) is 0 Å². The number of amides is 1. The highest BCUT2D eigenvalue weighted by molar-refractivity contribution is 6.46. The first-order valence-electron chi connectivity index (χ1n) is 10.8. The van der Waals surface area contributed by atoms with Crippen molar-refractivity contribution in [2.24, 2.45) is 0 Å². The van der Waals surface area contributed by atoms with E-state index in [4.69, 9.17) is 4.74 Å². The molecule has 2 N–H and O–H groups in total. The first-order valence-corrected chi connectivity index (χ1v) is 10.8. The summed E-state index contributed by atoms with van der Waals surface area (Å²) >= 11 is 0. The zero-order valence-corrected chi connectivity index (χ0v) is 18.7. The number of hydrogen-bond donors (Lipinski definition) is 2. The third kappa shape index (κ3) is 4.78. The molecule has 1 unspecified atom stereocenters. The molecule has 1 fully saturated rings. The van der Waals surface area contributed by atoms with E-state index in [1.54, 1.807) is 36.4 Å². The molecule has 1 aliphatic heterocycles. The van der Waals surface area contributed by atoms with Gasteiger partial charge in [0.15, 0.2) is 0 Å². The number of aliphatic hydroxyl groups excluding tert-OH is 1. The number of benzene rings is 2. The quantitative estimate of drug-likeness (QED) is 0.354. The van der Waals surface area contributed by atoms with Crippen molar-refractivity contribution in [3.8, 4) is 11.5 Å². The maximum Gasteiger partial charge on any atom is 0.295 e. The van der Waals surface area contributed by atoms with Gasteiger partial charge in [0.1, 0.15) is 17.3 Å². The summed E-state index contributed by atoms with van der Waals surface area (Å²) in [5.74, 6) is -0.978. The number of methoxy groups -OCH3 is 1. The predicted octanol–water partition coefficient (Wildman–Crippen LogP) is 3.55. The number of carbonyl (C=O) groups excluding carboxylic acids is 2. The molecule has 0 spiro atoms. The number of phenols is 1. The Morgan fingerprint density at radius 3 is 2.41 bits per heavy atom. The van der Waals surface area contributed by atoms with Crippen LogP contribution in [0.2, 0.25) is 0 Å². The SMILES string of the molecule is CCN(CC)CCCN1C(=O)C(=O)/C(=C(/O)c2cccc(OC)c2)C1c1ccc(O)cc1. The van der Waals surface area contributed by atoms with E-state index in [0.29, 0.717) is 29.8 Å². The molecule has 7 nitrogen and oxygen atoms in total. The van der Waals surface area contributed by atoms with Crippen molar-refractivity contribution in [2.75, 3.05) is 33.3 Å². The van der Waals surface area contributed by atoms with Crippen LogP contribution in [0.5, 0.6) is 11.5 Å². The number of ether oxygens (including phenoxy) is 1. The molecule has 3 rings (SSSR count). The molecule has 0 bridgehead atoms. The summed E-state index contributed by atoms with van der Waals surface area (Å²) in [4.78, 5) is 29.8. The highest BCUT2D eigenvalue weighted by Gasteiger charge is 2.45. The molecule has 32 heavy (non-hydrogen) atoms. The Morgan fingerprint density at radius 2 is 1.78 bits per heavy atom. The van der Waals surface area contributed by atoms with Crippen LogP contribution in [0.1, 0.15) is 37.4 Å². The Hall–Kier alpha value is -3.32. The summed E-state index contributed by atoms with van der Waals surface area (Å²) < 4.78 is 5.23. The largest absolute Gasteiger partial charge is 0.508 e. The van der Waals surface area contributed by atoms with Crippen LogP contribution in [0, 0.1) is 0 Å². The molecule has 0 aromatic heterocycles. The minimum atomic E-state index is -0.737. The van der Waals surface area contributed by atoms with E-state index in [2.05, 4.69) is 18.7 Å². The van der Waals surface area contributed by atoms with Crippen molar-refractivity contribution in [1.82, 2.24) is 9.80 Å². The minimum Gasteiger partial charge on any atom is -0.508 e. The number of rotatable bonds is 9. The molecule has 0 radical (unpaired) electrons. The molecule has 1 aliphatic rings. The number of likely N-dealkylation sites (tertiary alicyclic amines) is 1. The van der Waals surface area contributed by atoms with E-state index in [1.165, 1.54) is 24.1 Å². The molecule has 7 heteroatoms. The number of aromatic hydroxyl groups is 1. The van der Waals surface area contributed by atoms with Crippen molar-refractivity contribution < 1.29 is 24.5 Å². The molecule has 170 valence electrons. The number of aliphatic hydroxyl groups is 1. The monoisotopic (exact) mass is 438 g/mol. The Morgan fingerprint density at radius 1 is 1.09 bits per heavy atom. The Bertz CT molecular complexity index is 996. The van der Waals surface area contributed by atoms with E-state index in [0.717, 1.165) is 19.6 Å². The summed E-state index contributed by atoms with van der Waals surface area (Å²) in [5, 5.41) is 20.8. The Labute approximate surface area is 188 Å². The van der Waals surface area contributed by atoms with Crippen molar-refractivity contribution in [3.05, 3.63) is 65.2 Å². The first-order chi connectivity index (χ1) is 15.4. The second kappa shape index (κ2) is 10.3. The zero-order chi connectivity index (χ0) is 23.3. The van der Waals surface area contributed by atoms with E-state index >= 15 is 0 Å². The molecule has 0 saturated carbocycles. The van der Waals surface area contributed by atoms with Crippen LogP contribution in [-0.2, 0) is 9.59 Å². The molecule has 1 heterocycles. The number of phenolic OH excluding ortho intramolecular Hbond substituents is 1. The first kappa shape index (κ1) is 23.3. The van der Waals surface area contributed by atoms with E-state index in [9.17, 15) is 19.8 Å². The molecule has 2 aromatic carbocycles. The van der Waals surface area contributed by atoms with Gasteiger partial charge in [0.25, 0.3) is 11.7 Å². The average molecular weight is 439 g/mol. The maximum absolute atomic E-state index is 13.0. The molecule has 2 aromatic rings. The Kier molecular flexibility index (Phi) is 7.53. The van der Waals surface area contributed by atoms with Crippen LogP contribution in [0.4, 0.5) is 0 Å². The summed E-state index contributed by atoms with van der Waals surface area (Å²) in [6, 6.07) is 12.4. The van der Waals surface area contributed by atoms with Gasteiger partial charge in [-0.15, -0.1) is 0 Å². The van der Waals surface area contributed by atoms with Gasteiger partial charge in [0.05, 0.1) is 18.7 Å². The summed E-state index contributed by atoms with van der Waals surface area (Å²) in [6.45, 7) is 7.16. The van der Waals surface area contributed by atoms with Crippen LogP contribution in [0.25, 0.3) is 5.76 Å². The summed E-state index contributed by atoms with van der Waals surface area (Å²) in [7, 11) is 1.52. The van der Waals surface area contributed by atoms with Crippen LogP contribution >= 0.6 is 0 Å². The Balaban J connectivity index is 2.03. The topological polar surface area (TPSA) is 90.3 Å². The number of nitrogens with zero attached hydrogens (tertiary/aromatic N) is 2. The summed E-state index contributed by atoms with van der Waals surface area (Å²) in [6.07, 6.45) is 0.697. The van der Waals surface area contributed by atoms with E-state index < -0.39 is 17.7 Å². The van der Waals surface area contributed by atoms with Gasteiger partial charge in [-0.05, 0) is 55.9 Å². The van der Waals surface area contributed by atoms with E-state index in [-0.39, 0.29) is 17.1 Å². The number of ketones is 1. The van der Waals surface area contributed by atoms with Gasteiger partial charge in [0, 0.05) is 12.1 Å². The lowest BCUT2D eigenvalue weighted by Crippen LogP contribution is -2.33. The van der Waals surface area contributed by atoms with Crippen molar-refractivity contribution in [3.63, 3.8) is 0 Å². The fourth-order valence-corrected chi connectivity index (χ4v) is 4.04. The number of carbonyl (C=O) groups is 2. The van der Waals surface area contributed by atoms with Crippen LogP contribution in [0.15, 0.2) is 54.1 Å². The third-order valence-corrected chi connectivity index (χ3v) is 5.86. The van der Waals surface area contributed by atoms with Gasteiger partial charge in [-0.2, -0.15) is 0 Å². The number of Topliss-reactive ketones (excluding diaryl/α,β-unsaturated/α-hetero) is 1. The third-order valence-electron chi connectivity index (χ3n) is 5.86. The van der Waals surface area contributed by atoms with Crippen molar-refractivity contribution in [2.45, 2.75) is 26.3 Å². The lowest BCUT2D eigenvalue weighted by atomic mass is 9.95. The summed E-state index contributed by atoms with van der Waals surface area (Å²) in [5.41, 5.74) is 1.08. The molecular formula is C25H30N2O5. The van der Waals surface area contributed by atoms with Crippen molar-refractivity contribution >= 4 is 17.4 Å². The van der Waals surface area contributed by atoms with Gasteiger partial charge in [-0.25, -0.2) is 0 Å². The highest BCUT2D eigenvalue weighted by atomic mass is 16.5. The smallest absolute Gasteiger partial charge is 0.295 e. The molecule has 1 atom stereocenters. The van der Waals surface area contributed by atoms with Crippen LogP contribution in [-0.4, -0.2) is 65.0 Å². The second-order valence-corrected chi connectivity index (χ2v) is 7.70. The maximum atomic E-state index is 13.0. The van der Waals surface area contributed by atoms with Gasteiger partial charge >= 0.3 is 0 Å². The molecular weight excluding hydrogens is 408 g/mol. The normalized spacial score (nSPS) is 17.9. The van der Waals surface area contributed by atoms with Gasteiger partial charge in [0.2, 0.25) is 0 Å². The zero-order valence-electron chi connectivity index (χ0n) is 18.7. The van der Waals surface area contributed by atoms with Crippen LogP contribution in [0.3, 0.4) is 0 Å². The molecule has 1 saturated heterocycles. The molecule has 0 aliphatic carbocycles. The van der Waals surface area contributed by atoms with Crippen LogP contribution < -0.4 is 4.74 Å². The lowest BCUT2D eigenvalue weighted by molar-refractivity contribution is -0.140. The molecule has 1 amide bonds. The van der Waals surface area contributed by atoms with Gasteiger partial charge < -0.3 is 24.7 Å². The number of hydrogen-bond acceptors (Lipinski definition) is 6. The second-order valence-electron chi connectivity index (χ2n) is 7.70. The van der Waals surface area contributed by atoms with Crippen molar-refractivity contribution in [1.29, 1.82) is 0 Å². The fraction of sp³-hybridized carbons (Fsp3) is 0.360.